The predicted molar refractivity (Wildman–Crippen MR) is 73.9 cm³/mol. The summed E-state index contributed by atoms with van der Waals surface area (Å²) in [7, 11) is 0. The summed E-state index contributed by atoms with van der Waals surface area (Å²) in [6, 6.07) is 5.93. The first kappa shape index (κ1) is 14.3. The molecule has 0 heterocycles. The molecule has 1 aliphatic rings. The van der Waals surface area contributed by atoms with Gasteiger partial charge in [0.25, 0.3) is 11.8 Å². The third kappa shape index (κ3) is 3.96. The number of nitrogens with one attached hydrogen (secondary N) is 2. The van der Waals surface area contributed by atoms with Crippen LogP contribution in [-0.4, -0.2) is 25.0 Å². The first-order chi connectivity index (χ1) is 9.69. The van der Waals surface area contributed by atoms with Crippen molar-refractivity contribution in [3.8, 4) is 5.75 Å². The fraction of sp³-hybridized carbons (Fsp3) is 0.429. The molecule has 1 aromatic rings. The lowest BCUT2D eigenvalue weighted by Crippen LogP contribution is -2.41. The van der Waals surface area contributed by atoms with Crippen molar-refractivity contribution in [3.05, 3.63) is 29.3 Å². The second kappa shape index (κ2) is 6.91. The number of benzene rings is 1. The third-order valence-electron chi connectivity index (χ3n) is 3.30. The molecule has 6 nitrogen and oxygen atoms in total. The maximum atomic E-state index is 11.5. The lowest BCUT2D eigenvalue weighted by Gasteiger charge is -2.16. The van der Waals surface area contributed by atoms with E-state index < -0.39 is 5.91 Å². The number of rotatable bonds is 5. The Bertz CT molecular complexity index is 502. The van der Waals surface area contributed by atoms with E-state index in [0.29, 0.717) is 5.75 Å². The largest absolute Gasteiger partial charge is 0.484 e. The van der Waals surface area contributed by atoms with Gasteiger partial charge in [0.15, 0.2) is 6.61 Å². The van der Waals surface area contributed by atoms with E-state index in [-0.39, 0.29) is 19.1 Å². The van der Waals surface area contributed by atoms with Crippen molar-refractivity contribution in [1.82, 2.24) is 10.7 Å². The monoisotopic (exact) mass is 277 g/mol. The van der Waals surface area contributed by atoms with Gasteiger partial charge in [-0.15, -0.1) is 0 Å². The average molecular weight is 277 g/mol. The quantitative estimate of drug-likeness (QED) is 0.403. The molecule has 0 saturated heterocycles. The highest BCUT2D eigenvalue weighted by Crippen LogP contribution is 2.25. The lowest BCUT2D eigenvalue weighted by atomic mass is 9.92. The molecule has 0 fully saturated rings. The first-order valence-electron chi connectivity index (χ1n) is 6.70. The fourth-order valence-electron chi connectivity index (χ4n) is 2.23. The van der Waals surface area contributed by atoms with Crippen LogP contribution in [0.5, 0.6) is 5.75 Å². The molecule has 0 atom stereocenters. The van der Waals surface area contributed by atoms with Crippen LogP contribution < -0.4 is 21.3 Å². The zero-order valence-corrected chi connectivity index (χ0v) is 11.3. The minimum atomic E-state index is -0.452. The van der Waals surface area contributed by atoms with E-state index in [4.69, 9.17) is 10.6 Å². The van der Waals surface area contributed by atoms with E-state index in [2.05, 4.69) is 11.4 Å². The molecule has 20 heavy (non-hydrogen) atoms. The first-order valence-corrected chi connectivity index (χ1v) is 6.70. The maximum absolute atomic E-state index is 11.5. The van der Waals surface area contributed by atoms with Crippen molar-refractivity contribution in [2.75, 3.05) is 13.2 Å². The number of hydrazine groups is 1. The van der Waals surface area contributed by atoms with Gasteiger partial charge in [0, 0.05) is 0 Å². The topological polar surface area (TPSA) is 93.5 Å². The Balaban J connectivity index is 1.81. The number of carbonyl (C=O) groups is 2. The van der Waals surface area contributed by atoms with Gasteiger partial charge in [0.1, 0.15) is 5.75 Å². The average Bonchev–Trinajstić information content (AvgIpc) is 2.50. The van der Waals surface area contributed by atoms with Crippen molar-refractivity contribution in [1.29, 1.82) is 0 Å². The summed E-state index contributed by atoms with van der Waals surface area (Å²) >= 11 is 0. The van der Waals surface area contributed by atoms with Crippen LogP contribution in [0, 0.1) is 0 Å². The molecule has 1 aromatic carbocycles. The summed E-state index contributed by atoms with van der Waals surface area (Å²) < 4.78 is 5.42. The summed E-state index contributed by atoms with van der Waals surface area (Å²) in [5.74, 6) is 4.78. The molecule has 0 bridgehead atoms. The molecule has 108 valence electrons. The summed E-state index contributed by atoms with van der Waals surface area (Å²) in [5, 5.41) is 2.41. The number of fused-ring (bicyclic) bond motifs is 1. The molecule has 2 rings (SSSR count). The van der Waals surface area contributed by atoms with Gasteiger partial charge in [-0.1, -0.05) is 6.07 Å². The number of carbonyl (C=O) groups excluding carboxylic acids is 2. The second-order valence-electron chi connectivity index (χ2n) is 4.77. The third-order valence-corrected chi connectivity index (χ3v) is 3.30. The fourth-order valence-corrected chi connectivity index (χ4v) is 2.23. The molecular weight excluding hydrogens is 258 g/mol. The van der Waals surface area contributed by atoms with Crippen molar-refractivity contribution in [3.63, 3.8) is 0 Å². The number of hydrogen-bond donors (Lipinski definition) is 3. The van der Waals surface area contributed by atoms with Crippen molar-refractivity contribution < 1.29 is 14.3 Å². The Hall–Kier alpha value is -2.08. The molecule has 2 amide bonds. The number of aryl methyl sites for hydroxylation is 2. The summed E-state index contributed by atoms with van der Waals surface area (Å²) in [5.41, 5.74) is 4.60. The van der Waals surface area contributed by atoms with Crippen LogP contribution in [0.4, 0.5) is 0 Å². The Morgan fingerprint density at radius 3 is 2.65 bits per heavy atom. The van der Waals surface area contributed by atoms with Crippen LogP contribution in [0.25, 0.3) is 0 Å². The zero-order valence-electron chi connectivity index (χ0n) is 11.3. The van der Waals surface area contributed by atoms with Gasteiger partial charge >= 0.3 is 0 Å². The number of hydrogen-bond acceptors (Lipinski definition) is 4. The SMILES string of the molecule is NNC(=O)CNC(=O)COc1ccc2c(c1)CCCC2. The molecule has 0 unspecified atom stereocenters. The standard InChI is InChI=1S/C14H19N3O3/c15-17-13(18)8-16-14(19)9-20-12-6-5-10-3-1-2-4-11(10)7-12/h5-7H,1-4,8-9,15H2,(H,16,19)(H,17,18). The molecule has 0 saturated carbocycles. The van der Waals surface area contributed by atoms with Crippen LogP contribution >= 0.6 is 0 Å². The lowest BCUT2D eigenvalue weighted by molar-refractivity contribution is -0.127. The molecule has 1 aliphatic carbocycles. The summed E-state index contributed by atoms with van der Waals surface area (Å²) in [6.07, 6.45) is 4.61. The highest BCUT2D eigenvalue weighted by atomic mass is 16.5. The summed E-state index contributed by atoms with van der Waals surface area (Å²) in [4.78, 5) is 22.3. The van der Waals surface area contributed by atoms with Gasteiger partial charge < -0.3 is 10.1 Å². The van der Waals surface area contributed by atoms with Crippen molar-refractivity contribution in [2.24, 2.45) is 5.84 Å². The predicted octanol–water partition coefficient (Wildman–Crippen LogP) is 0.0503. The molecule has 6 heteroatoms. The van der Waals surface area contributed by atoms with E-state index in [1.165, 1.54) is 24.0 Å². The van der Waals surface area contributed by atoms with Crippen molar-refractivity contribution >= 4 is 11.8 Å². The number of nitrogens with two attached hydrogens (primary N) is 1. The van der Waals surface area contributed by atoms with Gasteiger partial charge in [-0.2, -0.15) is 0 Å². The van der Waals surface area contributed by atoms with E-state index in [1.807, 2.05) is 17.6 Å². The van der Waals surface area contributed by atoms with Crippen LogP contribution in [0.2, 0.25) is 0 Å². The molecular formula is C14H19N3O3. The highest BCUT2D eigenvalue weighted by Gasteiger charge is 2.11. The Morgan fingerprint density at radius 1 is 1.15 bits per heavy atom. The van der Waals surface area contributed by atoms with E-state index >= 15 is 0 Å². The molecule has 0 aliphatic heterocycles. The van der Waals surface area contributed by atoms with Gasteiger partial charge in [0.2, 0.25) is 0 Å². The molecule has 0 aromatic heterocycles. The van der Waals surface area contributed by atoms with Crippen LogP contribution in [0.3, 0.4) is 0 Å². The number of amides is 2. The van der Waals surface area contributed by atoms with Gasteiger partial charge in [-0.25, -0.2) is 5.84 Å². The smallest absolute Gasteiger partial charge is 0.258 e. The normalized spacial score (nSPS) is 13.2. The van der Waals surface area contributed by atoms with E-state index in [9.17, 15) is 9.59 Å². The molecule has 0 spiro atoms. The van der Waals surface area contributed by atoms with Gasteiger partial charge in [-0.3, -0.25) is 15.0 Å². The van der Waals surface area contributed by atoms with E-state index in [0.717, 1.165) is 12.8 Å². The Morgan fingerprint density at radius 2 is 1.90 bits per heavy atom. The molecule has 0 radical (unpaired) electrons. The number of ether oxygens (including phenoxy) is 1. The van der Waals surface area contributed by atoms with Crippen LogP contribution in [-0.2, 0) is 22.4 Å². The van der Waals surface area contributed by atoms with Gasteiger partial charge in [-0.05, 0) is 48.9 Å². The highest BCUT2D eigenvalue weighted by molar-refractivity contribution is 5.84. The van der Waals surface area contributed by atoms with Crippen molar-refractivity contribution in [2.45, 2.75) is 25.7 Å². The zero-order chi connectivity index (χ0) is 14.4. The Kier molecular flexibility index (Phi) is 4.95. The minimum Gasteiger partial charge on any atom is -0.484 e. The van der Waals surface area contributed by atoms with E-state index in [1.54, 1.807) is 0 Å². The molecule has 4 N–H and O–H groups in total. The minimum absolute atomic E-state index is 0.114. The summed E-state index contributed by atoms with van der Waals surface area (Å²) in [6.45, 7) is -0.264. The maximum Gasteiger partial charge on any atom is 0.258 e. The van der Waals surface area contributed by atoms with Crippen LogP contribution in [0.15, 0.2) is 18.2 Å². The Labute approximate surface area is 117 Å². The second-order valence-corrected chi connectivity index (χ2v) is 4.77. The van der Waals surface area contributed by atoms with Crippen LogP contribution in [0.1, 0.15) is 24.0 Å². The van der Waals surface area contributed by atoms with Gasteiger partial charge in [0.05, 0.1) is 6.54 Å².